The number of hydrogen-bond donors (Lipinski definition) is 1. The lowest BCUT2D eigenvalue weighted by Crippen LogP contribution is -2.49. The second-order valence-corrected chi connectivity index (χ2v) is 7.57. The normalized spacial score (nSPS) is 17.9. The molecular weight excluding hydrogens is 272 g/mol. The highest BCUT2D eigenvalue weighted by molar-refractivity contribution is 7.89. The highest BCUT2D eigenvalue weighted by Gasteiger charge is 2.34. The Morgan fingerprint density at radius 1 is 1.25 bits per heavy atom. The molecule has 1 saturated heterocycles. The molecule has 0 unspecified atom stereocenters. The summed E-state index contributed by atoms with van der Waals surface area (Å²) in [4.78, 5) is 0.407. The molecule has 1 aromatic rings. The topological polar surface area (TPSA) is 49.4 Å². The quantitative estimate of drug-likeness (QED) is 0.926. The van der Waals surface area contributed by atoms with Gasteiger partial charge in [-0.1, -0.05) is 12.1 Å². The average molecular weight is 296 g/mol. The van der Waals surface area contributed by atoms with Gasteiger partial charge < -0.3 is 5.32 Å². The van der Waals surface area contributed by atoms with Crippen LogP contribution in [-0.4, -0.2) is 37.9 Å². The van der Waals surface area contributed by atoms with Gasteiger partial charge in [0.1, 0.15) is 0 Å². The van der Waals surface area contributed by atoms with Crippen molar-refractivity contribution in [2.45, 2.75) is 50.6 Å². The third kappa shape index (κ3) is 3.22. The molecule has 1 fully saturated rings. The van der Waals surface area contributed by atoms with E-state index in [-0.39, 0.29) is 12.1 Å². The molecule has 1 heterocycles. The van der Waals surface area contributed by atoms with Gasteiger partial charge in [-0.05, 0) is 64.4 Å². The molecule has 0 saturated carbocycles. The van der Waals surface area contributed by atoms with E-state index in [1.807, 2.05) is 32.9 Å². The summed E-state index contributed by atoms with van der Waals surface area (Å²) in [7, 11) is -3.42. The van der Waals surface area contributed by atoms with Gasteiger partial charge in [0.2, 0.25) is 10.0 Å². The molecule has 5 heteroatoms. The smallest absolute Gasteiger partial charge is 0.243 e. The van der Waals surface area contributed by atoms with E-state index in [1.165, 1.54) is 0 Å². The number of rotatable bonds is 4. The van der Waals surface area contributed by atoms with Crippen LogP contribution in [0.2, 0.25) is 0 Å². The second kappa shape index (κ2) is 6.24. The van der Waals surface area contributed by atoms with Crippen molar-refractivity contribution in [3.8, 4) is 0 Å². The molecule has 0 aliphatic carbocycles. The minimum Gasteiger partial charge on any atom is -0.317 e. The first kappa shape index (κ1) is 15.5. The molecule has 1 aliphatic rings. The van der Waals surface area contributed by atoms with Crippen LogP contribution in [0.3, 0.4) is 0 Å². The fraction of sp³-hybridized carbons (Fsp3) is 0.600. The average Bonchev–Trinajstić information content (AvgIpc) is 2.39. The molecule has 1 aromatic carbocycles. The molecule has 112 valence electrons. The zero-order valence-electron chi connectivity index (χ0n) is 12.5. The van der Waals surface area contributed by atoms with Gasteiger partial charge >= 0.3 is 0 Å². The van der Waals surface area contributed by atoms with Crippen LogP contribution in [-0.2, 0) is 10.0 Å². The van der Waals surface area contributed by atoms with E-state index in [0.717, 1.165) is 31.5 Å². The molecule has 0 atom stereocenters. The van der Waals surface area contributed by atoms with Gasteiger partial charge in [-0.25, -0.2) is 8.42 Å². The standard InChI is InChI=1S/C15H24N2O2S/c1-12(2)17(14-7-9-16-10-8-14)20(18,19)15-6-4-5-13(3)11-15/h4-6,11-12,14,16H,7-10H2,1-3H3. The third-order valence-corrected chi connectivity index (χ3v) is 5.87. The molecule has 0 aromatic heterocycles. The number of piperidine rings is 1. The summed E-state index contributed by atoms with van der Waals surface area (Å²) in [6, 6.07) is 7.25. The SMILES string of the molecule is Cc1cccc(S(=O)(=O)N(C(C)C)C2CCNCC2)c1. The van der Waals surface area contributed by atoms with Gasteiger partial charge in [0.25, 0.3) is 0 Å². The molecule has 1 N–H and O–H groups in total. The highest BCUT2D eigenvalue weighted by Crippen LogP contribution is 2.25. The maximum absolute atomic E-state index is 12.9. The number of sulfonamides is 1. The monoisotopic (exact) mass is 296 g/mol. The maximum Gasteiger partial charge on any atom is 0.243 e. The van der Waals surface area contributed by atoms with Crippen LogP contribution in [0, 0.1) is 6.92 Å². The first-order valence-electron chi connectivity index (χ1n) is 7.24. The lowest BCUT2D eigenvalue weighted by atomic mass is 10.1. The van der Waals surface area contributed by atoms with Crippen molar-refractivity contribution >= 4 is 10.0 Å². The maximum atomic E-state index is 12.9. The van der Waals surface area contributed by atoms with Crippen molar-refractivity contribution in [2.24, 2.45) is 0 Å². The van der Waals surface area contributed by atoms with E-state index < -0.39 is 10.0 Å². The fourth-order valence-electron chi connectivity index (χ4n) is 2.85. The Kier molecular flexibility index (Phi) is 4.83. The summed E-state index contributed by atoms with van der Waals surface area (Å²) in [6.07, 6.45) is 1.76. The van der Waals surface area contributed by atoms with Crippen molar-refractivity contribution < 1.29 is 8.42 Å². The Balaban J connectivity index is 2.36. The van der Waals surface area contributed by atoms with E-state index >= 15 is 0 Å². The molecule has 0 radical (unpaired) electrons. The van der Waals surface area contributed by atoms with E-state index in [0.29, 0.717) is 4.90 Å². The van der Waals surface area contributed by atoms with Crippen LogP contribution in [0.25, 0.3) is 0 Å². The first-order valence-corrected chi connectivity index (χ1v) is 8.68. The van der Waals surface area contributed by atoms with E-state index in [1.54, 1.807) is 16.4 Å². The van der Waals surface area contributed by atoms with Gasteiger partial charge in [-0.2, -0.15) is 4.31 Å². The fourth-order valence-corrected chi connectivity index (χ4v) is 4.84. The molecule has 1 aliphatic heterocycles. The summed E-state index contributed by atoms with van der Waals surface area (Å²) < 4.78 is 27.6. The van der Waals surface area contributed by atoms with E-state index in [4.69, 9.17) is 0 Å². The summed E-state index contributed by atoms with van der Waals surface area (Å²) in [5.41, 5.74) is 0.972. The molecule has 0 spiro atoms. The zero-order chi connectivity index (χ0) is 14.8. The third-order valence-electron chi connectivity index (χ3n) is 3.74. The van der Waals surface area contributed by atoms with Gasteiger partial charge in [0, 0.05) is 12.1 Å². The lowest BCUT2D eigenvalue weighted by Gasteiger charge is -2.36. The van der Waals surface area contributed by atoms with Crippen LogP contribution in [0.5, 0.6) is 0 Å². The Morgan fingerprint density at radius 2 is 1.90 bits per heavy atom. The number of nitrogens with one attached hydrogen (secondary N) is 1. The van der Waals surface area contributed by atoms with Crippen molar-refractivity contribution in [1.82, 2.24) is 9.62 Å². The summed E-state index contributed by atoms with van der Waals surface area (Å²) in [5.74, 6) is 0. The van der Waals surface area contributed by atoms with Crippen LogP contribution in [0.15, 0.2) is 29.2 Å². The molecule has 4 nitrogen and oxygen atoms in total. The number of nitrogens with zero attached hydrogens (tertiary/aromatic N) is 1. The second-order valence-electron chi connectivity index (χ2n) is 5.73. The first-order chi connectivity index (χ1) is 9.43. The van der Waals surface area contributed by atoms with Crippen LogP contribution < -0.4 is 5.32 Å². The van der Waals surface area contributed by atoms with Crippen molar-refractivity contribution in [3.63, 3.8) is 0 Å². The van der Waals surface area contributed by atoms with Crippen molar-refractivity contribution in [2.75, 3.05) is 13.1 Å². The van der Waals surface area contributed by atoms with E-state index in [9.17, 15) is 8.42 Å². The van der Waals surface area contributed by atoms with Crippen LogP contribution in [0.1, 0.15) is 32.3 Å². The Labute approximate surface area is 122 Å². The Morgan fingerprint density at radius 3 is 2.45 bits per heavy atom. The number of hydrogen-bond acceptors (Lipinski definition) is 3. The van der Waals surface area contributed by atoms with Gasteiger partial charge in [-0.3, -0.25) is 0 Å². The highest BCUT2D eigenvalue weighted by atomic mass is 32.2. The lowest BCUT2D eigenvalue weighted by molar-refractivity contribution is 0.227. The Hall–Kier alpha value is -0.910. The van der Waals surface area contributed by atoms with Crippen molar-refractivity contribution in [3.05, 3.63) is 29.8 Å². The molecular formula is C15H24N2O2S. The summed E-state index contributed by atoms with van der Waals surface area (Å²) in [6.45, 7) is 7.60. The van der Waals surface area contributed by atoms with Gasteiger partial charge in [-0.15, -0.1) is 0 Å². The molecule has 0 bridgehead atoms. The summed E-state index contributed by atoms with van der Waals surface area (Å²) in [5, 5.41) is 3.29. The van der Waals surface area contributed by atoms with Gasteiger partial charge in [0.15, 0.2) is 0 Å². The number of aryl methyl sites for hydroxylation is 1. The predicted octanol–water partition coefficient (Wildman–Crippen LogP) is 2.15. The predicted molar refractivity (Wildman–Crippen MR) is 81.2 cm³/mol. The van der Waals surface area contributed by atoms with Gasteiger partial charge in [0.05, 0.1) is 4.90 Å². The van der Waals surface area contributed by atoms with Crippen LogP contribution in [0.4, 0.5) is 0 Å². The molecule has 2 rings (SSSR count). The van der Waals surface area contributed by atoms with Crippen LogP contribution >= 0.6 is 0 Å². The Bertz CT molecular complexity index is 549. The number of benzene rings is 1. The minimum atomic E-state index is -3.42. The summed E-state index contributed by atoms with van der Waals surface area (Å²) >= 11 is 0. The minimum absolute atomic E-state index is 0.0244. The van der Waals surface area contributed by atoms with Crippen molar-refractivity contribution in [1.29, 1.82) is 0 Å². The largest absolute Gasteiger partial charge is 0.317 e. The molecule has 20 heavy (non-hydrogen) atoms. The molecule has 0 amide bonds. The van der Waals surface area contributed by atoms with E-state index in [2.05, 4.69) is 5.32 Å². The zero-order valence-corrected chi connectivity index (χ0v) is 13.3.